The first kappa shape index (κ1) is 56.1. The Balaban J connectivity index is 0.688. The standard InChI is InChI=1S/C96H54N4O3S/c1-5-19-60(20-6-1)97-79-45-36-57(51-75(79)88-81(97)47-48-85-90(88)70-28-14-17-31-84(70)101-85)55-34-44-78-74(49-55)67-40-42-69-65-38-33-59(53-86(65)103-95(69)93(67)100(78)63-25-11-4-12-26-63)72-54-82-89(91-71-29-15-18-32-87(71)104-96(72)91)76-52-58(37-46-80(76)98(82)61-21-7-2-8-22-61)56-35-43-77-73(50-56)66-39-41-68-64-27-13-16-30-83(64)102-94(68)92(66)99(77)62-23-9-3-10-24-62/h1-54H. The molecule has 24 aromatic rings. The number of benzene rings is 16. The van der Waals surface area contributed by atoms with Crippen LogP contribution >= 0.6 is 11.3 Å². The Hall–Kier alpha value is -13.7. The minimum absolute atomic E-state index is 0.839. The van der Waals surface area contributed by atoms with Crippen LogP contribution in [0.15, 0.2) is 341 Å². The average molecular weight is 1340 g/mol. The van der Waals surface area contributed by atoms with Crippen LogP contribution in [0.25, 0.3) is 229 Å². The number of rotatable bonds is 7. The molecule has 0 radical (unpaired) electrons. The maximum atomic E-state index is 7.44. The summed E-state index contributed by atoms with van der Waals surface area (Å²) in [6.45, 7) is 0. The first-order valence-corrected chi connectivity index (χ1v) is 36.3. The zero-order chi connectivity index (χ0) is 67.6. The summed E-state index contributed by atoms with van der Waals surface area (Å²) in [5.74, 6) is 0. The van der Waals surface area contributed by atoms with E-state index in [4.69, 9.17) is 13.3 Å². The molecule has 0 spiro atoms. The monoisotopic (exact) mass is 1340 g/mol. The van der Waals surface area contributed by atoms with Crippen LogP contribution < -0.4 is 0 Å². The summed E-state index contributed by atoms with van der Waals surface area (Å²) in [5, 5.41) is 18.5. The molecule has 0 fully saturated rings. The predicted octanol–water partition coefficient (Wildman–Crippen LogP) is 27.1. The van der Waals surface area contributed by atoms with Gasteiger partial charge in [-0.05, 0) is 186 Å². The molecule has 0 saturated carbocycles. The Kier molecular flexibility index (Phi) is 11.3. The number of fused-ring (bicyclic) bond motifs is 28. The van der Waals surface area contributed by atoms with Crippen LogP contribution in [0.2, 0.25) is 0 Å². The summed E-state index contributed by atoms with van der Waals surface area (Å²) in [7, 11) is 0. The average Bonchev–Trinajstić information content (AvgIpc) is 1.98. The van der Waals surface area contributed by atoms with Gasteiger partial charge in [0, 0.05) is 124 Å². The molecule has 24 rings (SSSR count). The van der Waals surface area contributed by atoms with Crippen molar-refractivity contribution in [1.82, 2.24) is 18.3 Å². The normalized spacial score (nSPS) is 12.4. The fraction of sp³-hybridized carbons (Fsp3) is 0. The van der Waals surface area contributed by atoms with Crippen LogP contribution in [0.4, 0.5) is 0 Å². The lowest BCUT2D eigenvalue weighted by Gasteiger charge is -2.10. The van der Waals surface area contributed by atoms with Gasteiger partial charge < -0.3 is 31.5 Å². The zero-order valence-electron chi connectivity index (χ0n) is 55.6. The number of hydrogen-bond donors (Lipinski definition) is 0. The highest BCUT2D eigenvalue weighted by atomic mass is 32.1. The van der Waals surface area contributed by atoms with Gasteiger partial charge in [0.25, 0.3) is 0 Å². The molecule has 0 bridgehead atoms. The Labute approximate surface area is 595 Å². The molecule has 0 atom stereocenters. The van der Waals surface area contributed by atoms with Crippen LogP contribution in [-0.4, -0.2) is 18.3 Å². The first-order chi connectivity index (χ1) is 51.6. The third-order valence-corrected chi connectivity index (χ3v) is 23.5. The van der Waals surface area contributed by atoms with Crippen molar-refractivity contribution in [3.63, 3.8) is 0 Å². The van der Waals surface area contributed by atoms with E-state index in [0.29, 0.717) is 0 Å². The molecule has 8 heterocycles. The van der Waals surface area contributed by atoms with Crippen LogP contribution in [0.3, 0.4) is 0 Å². The number of para-hydroxylation sites is 6. The molecule has 8 aromatic heterocycles. The lowest BCUT2D eigenvalue weighted by molar-refractivity contribution is 0.669. The van der Waals surface area contributed by atoms with Crippen molar-refractivity contribution < 1.29 is 13.3 Å². The maximum absolute atomic E-state index is 7.44. The molecule has 0 aliphatic carbocycles. The molecule has 104 heavy (non-hydrogen) atoms. The molecule has 0 saturated heterocycles. The summed E-state index contributed by atoms with van der Waals surface area (Å²) in [4.78, 5) is 0. The molecule has 16 aromatic carbocycles. The third kappa shape index (κ3) is 7.73. The van der Waals surface area contributed by atoms with Gasteiger partial charge in [0.15, 0.2) is 11.2 Å². The minimum Gasteiger partial charge on any atom is -0.456 e. The van der Waals surface area contributed by atoms with Gasteiger partial charge in [0.2, 0.25) is 0 Å². The highest BCUT2D eigenvalue weighted by Gasteiger charge is 2.27. The van der Waals surface area contributed by atoms with Crippen LogP contribution in [0, 0.1) is 0 Å². The summed E-state index contributed by atoms with van der Waals surface area (Å²) >= 11 is 1.87. The van der Waals surface area contributed by atoms with Gasteiger partial charge in [-0.1, -0.05) is 170 Å². The van der Waals surface area contributed by atoms with Gasteiger partial charge in [-0.25, -0.2) is 0 Å². The molecular formula is C96H54N4O3S. The predicted molar refractivity (Wildman–Crippen MR) is 435 cm³/mol. The zero-order valence-corrected chi connectivity index (χ0v) is 56.4. The highest BCUT2D eigenvalue weighted by Crippen LogP contribution is 2.52. The van der Waals surface area contributed by atoms with Crippen LogP contribution in [-0.2, 0) is 0 Å². The van der Waals surface area contributed by atoms with Gasteiger partial charge in [0.05, 0.1) is 44.1 Å². The van der Waals surface area contributed by atoms with E-state index in [2.05, 4.69) is 334 Å². The fourth-order valence-electron chi connectivity index (χ4n) is 17.8. The summed E-state index contributed by atoms with van der Waals surface area (Å²) < 4.78 is 32.9. The van der Waals surface area contributed by atoms with Gasteiger partial charge >= 0.3 is 0 Å². The molecule has 0 N–H and O–H groups in total. The second-order valence-corrected chi connectivity index (χ2v) is 28.8. The molecule has 0 unspecified atom stereocenters. The summed E-state index contributed by atoms with van der Waals surface area (Å²) in [6.07, 6.45) is 0. The Bertz CT molecular complexity index is 7830. The molecule has 7 nitrogen and oxygen atoms in total. The van der Waals surface area contributed by atoms with Gasteiger partial charge in [-0.3, -0.25) is 0 Å². The van der Waals surface area contributed by atoms with Crippen molar-refractivity contribution in [2.75, 3.05) is 0 Å². The lowest BCUT2D eigenvalue weighted by atomic mass is 9.96. The molecule has 8 heteroatoms. The smallest absolute Gasteiger partial charge is 0.160 e. The van der Waals surface area contributed by atoms with Crippen molar-refractivity contribution in [2.24, 2.45) is 0 Å². The number of nitrogens with zero attached hydrogens (tertiary/aromatic N) is 4. The van der Waals surface area contributed by atoms with Crippen molar-refractivity contribution >= 4 is 185 Å². The molecule has 0 aliphatic rings. The number of aromatic nitrogens is 4. The van der Waals surface area contributed by atoms with E-state index >= 15 is 0 Å². The maximum Gasteiger partial charge on any atom is 0.160 e. The van der Waals surface area contributed by atoms with Crippen molar-refractivity contribution in [1.29, 1.82) is 0 Å². The topological polar surface area (TPSA) is 59.1 Å². The van der Waals surface area contributed by atoms with E-state index in [1.165, 1.54) is 47.1 Å². The Morgan fingerprint density at radius 1 is 0.212 bits per heavy atom. The van der Waals surface area contributed by atoms with E-state index in [1.54, 1.807) is 0 Å². The fourth-order valence-corrected chi connectivity index (χ4v) is 19.1. The van der Waals surface area contributed by atoms with Crippen LogP contribution in [0.1, 0.15) is 0 Å². The van der Waals surface area contributed by atoms with E-state index in [-0.39, 0.29) is 0 Å². The molecule has 0 aliphatic heterocycles. The molecule has 482 valence electrons. The molecule has 0 amide bonds. The summed E-state index contributed by atoms with van der Waals surface area (Å²) in [5.41, 5.74) is 25.4. The van der Waals surface area contributed by atoms with Crippen molar-refractivity contribution in [2.45, 2.75) is 0 Å². The first-order valence-electron chi connectivity index (χ1n) is 35.4. The van der Waals surface area contributed by atoms with Crippen molar-refractivity contribution in [3.8, 4) is 56.1 Å². The van der Waals surface area contributed by atoms with Gasteiger partial charge in [0.1, 0.15) is 22.3 Å². The quantitative estimate of drug-likeness (QED) is 0.160. The second kappa shape index (κ2) is 21.0. The molecular weight excluding hydrogens is 1290 g/mol. The lowest BCUT2D eigenvalue weighted by Crippen LogP contribution is -1.94. The van der Waals surface area contributed by atoms with Gasteiger partial charge in [-0.15, -0.1) is 11.3 Å². The van der Waals surface area contributed by atoms with E-state index < -0.39 is 0 Å². The number of thiophene rings is 1. The largest absolute Gasteiger partial charge is 0.456 e. The van der Waals surface area contributed by atoms with Gasteiger partial charge in [-0.2, -0.15) is 0 Å². The SMILES string of the molecule is c1ccc(-n2c3ccc(-c4ccc5c(c4)c4ccc6c7ccc(-c8cc9c(c%10cc(-c%11ccc%12c(c%11)c%11ccc%13c%14ccccc%14oc%13c%11n%12-c%11ccccc%11)ccc%10n9-c9ccccc9)c9c8sc8ccccc89)cc7oc6c4n5-c4ccccc4)cc3c3c4c(ccc32)oc2ccccc24)cc1. The number of furan rings is 3. The Morgan fingerprint density at radius 3 is 1.18 bits per heavy atom. The van der Waals surface area contributed by atoms with Crippen LogP contribution in [0.5, 0.6) is 0 Å². The Morgan fingerprint density at radius 2 is 0.615 bits per heavy atom. The second-order valence-electron chi connectivity index (χ2n) is 27.8. The van der Waals surface area contributed by atoms with E-state index in [9.17, 15) is 0 Å². The summed E-state index contributed by atoms with van der Waals surface area (Å²) in [6, 6.07) is 120. The van der Waals surface area contributed by atoms with E-state index in [1.807, 2.05) is 23.5 Å². The van der Waals surface area contributed by atoms with E-state index in [0.717, 1.165) is 182 Å². The number of hydrogen-bond acceptors (Lipinski definition) is 4. The minimum atomic E-state index is 0.839. The van der Waals surface area contributed by atoms with Crippen molar-refractivity contribution in [3.05, 3.63) is 328 Å². The third-order valence-electron chi connectivity index (χ3n) is 22.3. The highest BCUT2D eigenvalue weighted by molar-refractivity contribution is 7.26.